The maximum absolute atomic E-state index is 11.2. The first-order valence-corrected chi connectivity index (χ1v) is 5.71. The van der Waals surface area contributed by atoms with Gasteiger partial charge in [-0.3, -0.25) is 0 Å². The molecule has 1 aromatic rings. The second kappa shape index (κ2) is 5.29. The lowest BCUT2D eigenvalue weighted by Gasteiger charge is -2.38. The summed E-state index contributed by atoms with van der Waals surface area (Å²) in [6.07, 6.45) is 2.62. The fourth-order valence-corrected chi connectivity index (χ4v) is 2.13. The third-order valence-electron chi connectivity index (χ3n) is 3.32. The number of nitrogens with one attached hydrogen (secondary N) is 1. The van der Waals surface area contributed by atoms with E-state index in [1.807, 2.05) is 12.1 Å². The van der Waals surface area contributed by atoms with Crippen LogP contribution >= 0.6 is 0 Å². The fourth-order valence-electron chi connectivity index (χ4n) is 2.13. The maximum atomic E-state index is 11.2. The third-order valence-corrected chi connectivity index (χ3v) is 3.32. The van der Waals surface area contributed by atoms with Crippen molar-refractivity contribution in [3.8, 4) is 0 Å². The number of hydrogen-bond donors (Lipinski definition) is 1. The highest BCUT2D eigenvalue weighted by Crippen LogP contribution is 2.31. The van der Waals surface area contributed by atoms with Crippen LogP contribution in [0.3, 0.4) is 0 Å². The Bertz CT molecular complexity index is 297. The molecule has 0 atom stereocenters. The molecule has 0 fully saturated rings. The van der Waals surface area contributed by atoms with Crippen LogP contribution in [0.15, 0.2) is 24.3 Å². The standard InChI is InChI=1S/C13H20NO/c1-4-11-9-7-8-10-12(11)13(5-2,6-3)14-15/h7-10,14H,4-6H2,1-3H3/q-1. The van der Waals surface area contributed by atoms with E-state index in [9.17, 15) is 5.21 Å². The first-order chi connectivity index (χ1) is 7.24. The average Bonchev–Trinajstić information content (AvgIpc) is 2.33. The minimum Gasteiger partial charge on any atom is -0.787 e. The van der Waals surface area contributed by atoms with Crippen molar-refractivity contribution >= 4 is 0 Å². The van der Waals surface area contributed by atoms with Crippen molar-refractivity contribution in [2.45, 2.75) is 45.6 Å². The molecule has 0 aliphatic heterocycles. The largest absolute Gasteiger partial charge is 0.787 e. The van der Waals surface area contributed by atoms with Crippen molar-refractivity contribution in [2.75, 3.05) is 0 Å². The predicted octanol–water partition coefficient (Wildman–Crippen LogP) is 3.35. The van der Waals surface area contributed by atoms with Gasteiger partial charge in [0.25, 0.3) is 0 Å². The lowest BCUT2D eigenvalue weighted by molar-refractivity contribution is 0.347. The van der Waals surface area contributed by atoms with Gasteiger partial charge in [0.1, 0.15) is 0 Å². The molecule has 0 bridgehead atoms. The predicted molar refractivity (Wildman–Crippen MR) is 64.6 cm³/mol. The summed E-state index contributed by atoms with van der Waals surface area (Å²) in [7, 11) is 0. The Morgan fingerprint density at radius 1 is 1.13 bits per heavy atom. The molecule has 1 aromatic carbocycles. The van der Waals surface area contributed by atoms with Gasteiger partial charge in [-0.15, -0.1) is 0 Å². The molecule has 0 spiro atoms. The monoisotopic (exact) mass is 206 g/mol. The fraction of sp³-hybridized carbons (Fsp3) is 0.538. The Morgan fingerprint density at radius 2 is 1.73 bits per heavy atom. The molecule has 0 amide bonds. The van der Waals surface area contributed by atoms with Crippen LogP contribution in [0.5, 0.6) is 0 Å². The van der Waals surface area contributed by atoms with Crippen molar-refractivity contribution in [2.24, 2.45) is 0 Å². The molecule has 0 unspecified atom stereocenters. The SMILES string of the molecule is CCc1ccccc1C(CC)(CC)N[O-]. The summed E-state index contributed by atoms with van der Waals surface area (Å²) in [5.74, 6) is 0. The zero-order valence-electron chi connectivity index (χ0n) is 9.84. The summed E-state index contributed by atoms with van der Waals surface area (Å²) in [6.45, 7) is 6.24. The number of aryl methyl sites for hydroxylation is 1. The summed E-state index contributed by atoms with van der Waals surface area (Å²) in [4.78, 5) is 0. The molecular formula is C13H20NO-. The van der Waals surface area contributed by atoms with Gasteiger partial charge in [-0.25, -0.2) is 0 Å². The van der Waals surface area contributed by atoms with Crippen molar-refractivity contribution in [3.63, 3.8) is 0 Å². The maximum Gasteiger partial charge on any atom is 0.0319 e. The van der Waals surface area contributed by atoms with Gasteiger partial charge in [0.2, 0.25) is 0 Å². The molecule has 0 saturated carbocycles. The van der Waals surface area contributed by atoms with Gasteiger partial charge in [-0.1, -0.05) is 45.0 Å². The first-order valence-electron chi connectivity index (χ1n) is 5.71. The second-order valence-corrected chi connectivity index (χ2v) is 3.90. The van der Waals surface area contributed by atoms with Gasteiger partial charge in [0, 0.05) is 5.54 Å². The van der Waals surface area contributed by atoms with E-state index in [-0.39, 0.29) is 0 Å². The summed E-state index contributed by atoms with van der Waals surface area (Å²) in [5.41, 5.74) is 4.29. The van der Waals surface area contributed by atoms with Crippen molar-refractivity contribution in [1.82, 2.24) is 5.48 Å². The van der Waals surface area contributed by atoms with Crippen LogP contribution in [0.4, 0.5) is 0 Å². The van der Waals surface area contributed by atoms with Gasteiger partial charge >= 0.3 is 0 Å². The Kier molecular flexibility index (Phi) is 4.30. The number of benzene rings is 1. The Balaban J connectivity index is 3.21. The Labute approximate surface area is 92.3 Å². The highest BCUT2D eigenvalue weighted by molar-refractivity contribution is 5.34. The van der Waals surface area contributed by atoms with Crippen LogP contribution in [0.2, 0.25) is 0 Å². The van der Waals surface area contributed by atoms with Crippen LogP contribution < -0.4 is 5.48 Å². The highest BCUT2D eigenvalue weighted by atomic mass is 16.5. The number of hydroxylamine groups is 1. The van der Waals surface area contributed by atoms with E-state index < -0.39 is 5.54 Å². The van der Waals surface area contributed by atoms with E-state index in [4.69, 9.17) is 0 Å². The highest BCUT2D eigenvalue weighted by Gasteiger charge is 2.25. The van der Waals surface area contributed by atoms with Crippen LogP contribution in [0.1, 0.15) is 44.7 Å². The molecule has 84 valence electrons. The molecule has 0 heterocycles. The molecule has 2 heteroatoms. The topological polar surface area (TPSA) is 35.1 Å². The van der Waals surface area contributed by atoms with Crippen LogP contribution in [-0.4, -0.2) is 0 Å². The van der Waals surface area contributed by atoms with E-state index >= 15 is 0 Å². The summed E-state index contributed by atoms with van der Waals surface area (Å²) in [5, 5.41) is 11.2. The molecule has 1 N–H and O–H groups in total. The van der Waals surface area contributed by atoms with Gasteiger partial charge in [0.05, 0.1) is 0 Å². The smallest absolute Gasteiger partial charge is 0.0319 e. The van der Waals surface area contributed by atoms with Crippen molar-refractivity contribution < 1.29 is 0 Å². The van der Waals surface area contributed by atoms with Gasteiger partial charge < -0.3 is 10.7 Å². The Hall–Kier alpha value is -0.860. The van der Waals surface area contributed by atoms with E-state index in [1.165, 1.54) is 5.56 Å². The minimum atomic E-state index is -0.396. The molecular weight excluding hydrogens is 186 g/mol. The lowest BCUT2D eigenvalue weighted by Crippen LogP contribution is -2.38. The van der Waals surface area contributed by atoms with Crippen LogP contribution in [0.25, 0.3) is 0 Å². The Morgan fingerprint density at radius 3 is 2.20 bits per heavy atom. The van der Waals surface area contributed by atoms with Crippen molar-refractivity contribution in [1.29, 1.82) is 0 Å². The molecule has 0 aliphatic rings. The minimum absolute atomic E-state index is 0.396. The molecule has 0 aromatic heterocycles. The van der Waals surface area contributed by atoms with Gasteiger partial charge in [-0.2, -0.15) is 0 Å². The van der Waals surface area contributed by atoms with Crippen molar-refractivity contribution in [3.05, 3.63) is 40.6 Å². The van der Waals surface area contributed by atoms with Crippen LogP contribution in [-0.2, 0) is 12.0 Å². The zero-order valence-corrected chi connectivity index (χ0v) is 9.84. The van der Waals surface area contributed by atoms with E-state index in [0.717, 1.165) is 24.8 Å². The second-order valence-electron chi connectivity index (χ2n) is 3.90. The number of hydrogen-bond acceptors (Lipinski definition) is 2. The lowest BCUT2D eigenvalue weighted by atomic mass is 9.82. The average molecular weight is 206 g/mol. The first kappa shape index (κ1) is 12.2. The van der Waals surface area contributed by atoms with E-state index in [0.29, 0.717) is 0 Å². The molecule has 2 nitrogen and oxygen atoms in total. The van der Waals surface area contributed by atoms with Gasteiger partial charge in [0.15, 0.2) is 0 Å². The van der Waals surface area contributed by atoms with Crippen LogP contribution in [0, 0.1) is 5.21 Å². The third kappa shape index (κ3) is 2.21. The van der Waals surface area contributed by atoms with E-state index in [2.05, 4.69) is 38.4 Å². The molecule has 1 rings (SSSR count). The molecule has 0 saturated heterocycles. The molecule has 0 radical (unpaired) electrons. The number of rotatable bonds is 5. The normalized spacial score (nSPS) is 11.7. The summed E-state index contributed by atoms with van der Waals surface area (Å²) in [6, 6.07) is 8.21. The zero-order chi connectivity index (χ0) is 11.3. The molecule has 15 heavy (non-hydrogen) atoms. The van der Waals surface area contributed by atoms with E-state index in [1.54, 1.807) is 0 Å². The summed E-state index contributed by atoms with van der Waals surface area (Å²) >= 11 is 0. The quantitative estimate of drug-likeness (QED) is 0.750. The van der Waals surface area contributed by atoms with Gasteiger partial charge in [-0.05, 0) is 30.4 Å². The summed E-state index contributed by atoms with van der Waals surface area (Å²) < 4.78 is 0. The molecule has 0 aliphatic carbocycles.